The highest BCUT2D eigenvalue weighted by Crippen LogP contribution is 2.30. The molecule has 1 aliphatic rings. The Morgan fingerprint density at radius 1 is 1.36 bits per heavy atom. The minimum Gasteiger partial charge on any atom is -0.275 e. The molecule has 0 heterocycles. The first-order valence-electron chi connectivity index (χ1n) is 5.44. The Balaban J connectivity index is 2.27. The first-order chi connectivity index (χ1) is 6.63. The molecule has 0 aromatic rings. The summed E-state index contributed by atoms with van der Waals surface area (Å²) in [6.45, 7) is 2.29. The van der Waals surface area contributed by atoms with E-state index in [2.05, 4.69) is 6.92 Å². The van der Waals surface area contributed by atoms with Gasteiger partial charge in [0.15, 0.2) is 0 Å². The van der Waals surface area contributed by atoms with Crippen LogP contribution >= 0.6 is 0 Å². The maximum Gasteiger partial charge on any atom is 0.246 e. The lowest BCUT2D eigenvalue weighted by molar-refractivity contribution is -0.170. The van der Waals surface area contributed by atoms with Crippen LogP contribution in [0.2, 0.25) is 0 Å². The van der Waals surface area contributed by atoms with Gasteiger partial charge in [-0.25, -0.2) is 5.06 Å². The average Bonchev–Trinajstić information content (AvgIpc) is 2.20. The third kappa shape index (κ3) is 3.29. The lowest BCUT2D eigenvalue weighted by Crippen LogP contribution is -2.28. The van der Waals surface area contributed by atoms with E-state index in [1.165, 1.54) is 37.9 Å². The van der Waals surface area contributed by atoms with E-state index in [-0.39, 0.29) is 5.91 Å². The first kappa shape index (κ1) is 11.5. The van der Waals surface area contributed by atoms with Crippen molar-refractivity contribution in [2.45, 2.75) is 39.0 Å². The number of rotatable bonds is 3. The van der Waals surface area contributed by atoms with Crippen molar-refractivity contribution in [2.24, 2.45) is 11.8 Å². The minimum atomic E-state index is 0.104. The van der Waals surface area contributed by atoms with Crippen molar-refractivity contribution in [1.82, 2.24) is 5.06 Å². The van der Waals surface area contributed by atoms with Crippen LogP contribution in [-0.2, 0) is 9.63 Å². The van der Waals surface area contributed by atoms with E-state index in [4.69, 9.17) is 4.84 Å². The average molecular weight is 199 g/mol. The zero-order valence-electron chi connectivity index (χ0n) is 9.45. The molecule has 1 rings (SSSR count). The molecule has 1 fully saturated rings. The Labute approximate surface area is 86.4 Å². The molecule has 0 bridgehead atoms. The van der Waals surface area contributed by atoms with Crippen molar-refractivity contribution in [3.05, 3.63) is 0 Å². The number of amides is 1. The molecule has 0 aromatic carbocycles. The van der Waals surface area contributed by atoms with E-state index in [1.54, 1.807) is 7.05 Å². The van der Waals surface area contributed by atoms with E-state index in [0.717, 1.165) is 5.92 Å². The normalized spacial score (nSPS) is 27.4. The minimum absolute atomic E-state index is 0.104. The van der Waals surface area contributed by atoms with Gasteiger partial charge in [0.25, 0.3) is 0 Å². The Kier molecular flexibility index (Phi) is 4.39. The monoisotopic (exact) mass is 199 g/mol. The fourth-order valence-electron chi connectivity index (χ4n) is 2.01. The summed E-state index contributed by atoms with van der Waals surface area (Å²) in [5, 5.41) is 1.33. The van der Waals surface area contributed by atoms with Gasteiger partial charge in [-0.05, 0) is 24.7 Å². The molecule has 0 saturated heterocycles. The fraction of sp³-hybridized carbons (Fsp3) is 0.909. The summed E-state index contributed by atoms with van der Waals surface area (Å²) >= 11 is 0. The Morgan fingerprint density at radius 2 is 1.93 bits per heavy atom. The van der Waals surface area contributed by atoms with Crippen LogP contribution in [0, 0.1) is 11.8 Å². The molecule has 0 aliphatic heterocycles. The van der Waals surface area contributed by atoms with Crippen molar-refractivity contribution in [1.29, 1.82) is 0 Å². The van der Waals surface area contributed by atoms with Crippen LogP contribution in [0.3, 0.4) is 0 Å². The lowest BCUT2D eigenvalue weighted by atomic mass is 9.81. The first-order valence-corrected chi connectivity index (χ1v) is 5.44. The van der Waals surface area contributed by atoms with Gasteiger partial charge < -0.3 is 0 Å². The van der Waals surface area contributed by atoms with Crippen LogP contribution < -0.4 is 0 Å². The molecule has 0 aromatic heterocycles. The van der Waals surface area contributed by atoms with Crippen molar-refractivity contribution in [3.8, 4) is 0 Å². The Hall–Kier alpha value is -0.570. The van der Waals surface area contributed by atoms with Gasteiger partial charge in [-0.2, -0.15) is 0 Å². The van der Waals surface area contributed by atoms with Crippen LogP contribution in [0.4, 0.5) is 0 Å². The second-order valence-corrected chi connectivity index (χ2v) is 4.40. The topological polar surface area (TPSA) is 29.5 Å². The van der Waals surface area contributed by atoms with Crippen molar-refractivity contribution < 1.29 is 9.63 Å². The van der Waals surface area contributed by atoms with E-state index in [1.807, 2.05) is 0 Å². The van der Waals surface area contributed by atoms with Gasteiger partial charge in [0.05, 0.1) is 7.11 Å². The third-order valence-corrected chi connectivity index (χ3v) is 3.22. The molecular formula is C11H21NO2. The summed E-state index contributed by atoms with van der Waals surface area (Å²) in [6.07, 6.45) is 5.59. The maximum atomic E-state index is 11.5. The van der Waals surface area contributed by atoms with Crippen LogP contribution in [0.25, 0.3) is 0 Å². The van der Waals surface area contributed by atoms with Gasteiger partial charge >= 0.3 is 0 Å². The molecule has 0 atom stereocenters. The number of hydrogen-bond donors (Lipinski definition) is 0. The summed E-state index contributed by atoms with van der Waals surface area (Å²) in [4.78, 5) is 16.4. The second kappa shape index (κ2) is 5.35. The number of hydrogen-bond acceptors (Lipinski definition) is 2. The van der Waals surface area contributed by atoms with Gasteiger partial charge in [0.2, 0.25) is 5.91 Å². The van der Waals surface area contributed by atoms with Crippen molar-refractivity contribution >= 4 is 5.91 Å². The SMILES string of the molecule is CON(C)C(=O)CC1CCC(C)CC1. The standard InChI is InChI=1S/C11H21NO2/c1-9-4-6-10(7-5-9)8-11(13)12(2)14-3/h9-10H,4-8H2,1-3H3. The molecule has 1 aliphatic carbocycles. The molecular weight excluding hydrogens is 178 g/mol. The molecule has 1 saturated carbocycles. The molecule has 14 heavy (non-hydrogen) atoms. The maximum absolute atomic E-state index is 11.5. The highest BCUT2D eigenvalue weighted by atomic mass is 16.7. The molecule has 0 unspecified atom stereocenters. The molecule has 3 heteroatoms. The van der Waals surface area contributed by atoms with Gasteiger partial charge in [0.1, 0.15) is 0 Å². The highest BCUT2D eigenvalue weighted by molar-refractivity contribution is 5.75. The lowest BCUT2D eigenvalue weighted by Gasteiger charge is -2.26. The van der Waals surface area contributed by atoms with Crippen LogP contribution in [0.5, 0.6) is 0 Å². The van der Waals surface area contributed by atoms with Crippen molar-refractivity contribution in [2.75, 3.05) is 14.2 Å². The number of hydroxylamine groups is 2. The van der Waals surface area contributed by atoms with Crippen LogP contribution in [0.1, 0.15) is 39.0 Å². The Morgan fingerprint density at radius 3 is 2.43 bits per heavy atom. The van der Waals surface area contributed by atoms with Crippen molar-refractivity contribution in [3.63, 3.8) is 0 Å². The van der Waals surface area contributed by atoms with E-state index in [9.17, 15) is 4.79 Å². The number of carbonyl (C=O) groups excluding carboxylic acids is 1. The Bertz CT molecular complexity index is 186. The zero-order valence-corrected chi connectivity index (χ0v) is 9.45. The van der Waals surface area contributed by atoms with Crippen LogP contribution in [-0.4, -0.2) is 25.1 Å². The molecule has 3 nitrogen and oxygen atoms in total. The van der Waals surface area contributed by atoms with Gasteiger partial charge in [-0.15, -0.1) is 0 Å². The number of nitrogens with zero attached hydrogens (tertiary/aromatic N) is 1. The highest BCUT2D eigenvalue weighted by Gasteiger charge is 2.22. The summed E-state index contributed by atoms with van der Waals surface area (Å²) in [5.41, 5.74) is 0. The molecule has 82 valence electrons. The van der Waals surface area contributed by atoms with Gasteiger partial charge in [0, 0.05) is 13.5 Å². The smallest absolute Gasteiger partial charge is 0.246 e. The predicted molar refractivity (Wildman–Crippen MR) is 55.5 cm³/mol. The summed E-state index contributed by atoms with van der Waals surface area (Å²) in [6, 6.07) is 0. The molecule has 1 amide bonds. The summed E-state index contributed by atoms with van der Waals surface area (Å²) < 4.78 is 0. The largest absolute Gasteiger partial charge is 0.275 e. The van der Waals surface area contributed by atoms with E-state index < -0.39 is 0 Å². The third-order valence-electron chi connectivity index (χ3n) is 3.22. The zero-order chi connectivity index (χ0) is 10.6. The second-order valence-electron chi connectivity index (χ2n) is 4.40. The van der Waals surface area contributed by atoms with Crippen LogP contribution in [0.15, 0.2) is 0 Å². The fourth-order valence-corrected chi connectivity index (χ4v) is 2.01. The summed E-state index contributed by atoms with van der Waals surface area (Å²) in [5.74, 6) is 1.53. The molecule has 0 radical (unpaired) electrons. The predicted octanol–water partition coefficient (Wildman–Crippen LogP) is 2.22. The van der Waals surface area contributed by atoms with E-state index >= 15 is 0 Å². The van der Waals surface area contributed by atoms with Gasteiger partial charge in [-0.3, -0.25) is 9.63 Å². The number of carbonyl (C=O) groups is 1. The summed E-state index contributed by atoms with van der Waals surface area (Å²) in [7, 11) is 3.20. The van der Waals surface area contributed by atoms with E-state index in [0.29, 0.717) is 12.3 Å². The molecule has 0 spiro atoms. The molecule has 0 N–H and O–H groups in total. The van der Waals surface area contributed by atoms with Gasteiger partial charge in [-0.1, -0.05) is 19.8 Å². The quantitative estimate of drug-likeness (QED) is 0.652.